The van der Waals surface area contributed by atoms with Crippen molar-refractivity contribution in [1.82, 2.24) is 0 Å². The van der Waals surface area contributed by atoms with Crippen molar-refractivity contribution >= 4 is 5.71 Å². The van der Waals surface area contributed by atoms with Gasteiger partial charge in [-0.25, -0.2) is 4.39 Å². The van der Waals surface area contributed by atoms with E-state index in [1.165, 1.54) is 0 Å². The van der Waals surface area contributed by atoms with E-state index in [1.807, 2.05) is 39.8 Å². The molecule has 0 aliphatic carbocycles. The first kappa shape index (κ1) is 15.4. The second-order valence-electron chi connectivity index (χ2n) is 4.64. The van der Waals surface area contributed by atoms with Crippen LogP contribution in [0.1, 0.15) is 38.8 Å². The Kier molecular flexibility index (Phi) is 5.68. The predicted octanol–water partition coefficient (Wildman–Crippen LogP) is 4.85. The van der Waals surface area contributed by atoms with Crippen LogP contribution in [0.2, 0.25) is 0 Å². The van der Waals surface area contributed by atoms with Gasteiger partial charge in [-0.1, -0.05) is 30.4 Å². The van der Waals surface area contributed by atoms with Crippen molar-refractivity contribution in [3.05, 3.63) is 58.9 Å². The van der Waals surface area contributed by atoms with E-state index in [2.05, 4.69) is 17.1 Å². The van der Waals surface area contributed by atoms with Gasteiger partial charge in [0.2, 0.25) is 0 Å². The first-order valence-electron chi connectivity index (χ1n) is 6.59. The van der Waals surface area contributed by atoms with Gasteiger partial charge in [0.05, 0.1) is 6.04 Å². The van der Waals surface area contributed by atoms with Gasteiger partial charge in [-0.3, -0.25) is 4.99 Å². The summed E-state index contributed by atoms with van der Waals surface area (Å²) in [5.74, 6) is -0.181. The number of rotatable bonds is 4. The summed E-state index contributed by atoms with van der Waals surface area (Å²) in [5, 5.41) is 0. The number of hydrogen-bond acceptors (Lipinski definition) is 1. The predicted molar refractivity (Wildman–Crippen MR) is 81.4 cm³/mol. The van der Waals surface area contributed by atoms with E-state index in [0.717, 1.165) is 16.8 Å². The lowest BCUT2D eigenvalue weighted by Gasteiger charge is -2.10. The average molecular weight is 259 g/mol. The number of nitrogens with zero attached hydrogens (tertiary/aromatic N) is 1. The van der Waals surface area contributed by atoms with Gasteiger partial charge < -0.3 is 0 Å². The highest BCUT2D eigenvalue weighted by Crippen LogP contribution is 2.13. The van der Waals surface area contributed by atoms with Crippen LogP contribution in [-0.2, 0) is 0 Å². The molecule has 102 valence electrons. The van der Waals surface area contributed by atoms with Crippen LogP contribution in [0, 0.1) is 12.7 Å². The van der Waals surface area contributed by atoms with Crippen LogP contribution in [0.15, 0.2) is 47.0 Å². The minimum Gasteiger partial charge on any atom is -0.282 e. The molecule has 0 saturated carbocycles. The minimum atomic E-state index is -0.181. The highest BCUT2D eigenvalue weighted by molar-refractivity contribution is 5.99. The zero-order valence-electron chi connectivity index (χ0n) is 12.4. The Morgan fingerprint density at radius 3 is 2.53 bits per heavy atom. The highest BCUT2D eigenvalue weighted by Gasteiger charge is 2.06. The third kappa shape index (κ3) is 4.16. The molecule has 0 amide bonds. The number of allylic oxidation sites excluding steroid dienone is 2. The number of hydrogen-bond donors (Lipinski definition) is 0. The van der Waals surface area contributed by atoms with Crippen molar-refractivity contribution in [2.24, 2.45) is 4.99 Å². The molecule has 0 aliphatic rings. The summed E-state index contributed by atoms with van der Waals surface area (Å²) in [7, 11) is 0. The molecular weight excluding hydrogens is 237 g/mol. The maximum atomic E-state index is 13.5. The third-order valence-electron chi connectivity index (χ3n) is 3.15. The average Bonchev–Trinajstić information content (AvgIpc) is 2.38. The fourth-order valence-electron chi connectivity index (χ4n) is 1.93. The van der Waals surface area contributed by atoms with Gasteiger partial charge in [-0.05, 0) is 57.4 Å². The molecule has 0 N–H and O–H groups in total. The molecule has 0 saturated heterocycles. The first-order valence-corrected chi connectivity index (χ1v) is 6.59. The van der Waals surface area contributed by atoms with Gasteiger partial charge in [0.25, 0.3) is 0 Å². The van der Waals surface area contributed by atoms with E-state index < -0.39 is 0 Å². The van der Waals surface area contributed by atoms with Gasteiger partial charge in [0, 0.05) is 5.71 Å². The second kappa shape index (κ2) is 7.03. The van der Waals surface area contributed by atoms with E-state index in [1.54, 1.807) is 19.1 Å². The van der Waals surface area contributed by atoms with E-state index in [-0.39, 0.29) is 11.9 Å². The van der Waals surface area contributed by atoms with Crippen LogP contribution in [0.25, 0.3) is 0 Å². The molecule has 19 heavy (non-hydrogen) atoms. The van der Waals surface area contributed by atoms with E-state index in [4.69, 9.17) is 0 Å². The minimum absolute atomic E-state index is 0.0746. The molecule has 2 heteroatoms. The molecule has 0 fully saturated rings. The lowest BCUT2D eigenvalue weighted by atomic mass is 10.1. The Morgan fingerprint density at radius 1 is 1.32 bits per heavy atom. The van der Waals surface area contributed by atoms with Crippen molar-refractivity contribution in [2.75, 3.05) is 0 Å². The van der Waals surface area contributed by atoms with Gasteiger partial charge in [0.15, 0.2) is 0 Å². The number of halogens is 1. The van der Waals surface area contributed by atoms with Crippen LogP contribution in [0.4, 0.5) is 4.39 Å². The molecular formula is C17H22FN. The Labute approximate surface area is 115 Å². The van der Waals surface area contributed by atoms with Crippen molar-refractivity contribution in [1.29, 1.82) is 0 Å². The molecule has 0 aromatic heterocycles. The Balaban J connectivity index is 3.01. The fourth-order valence-corrected chi connectivity index (χ4v) is 1.93. The molecule has 0 radical (unpaired) electrons. The van der Waals surface area contributed by atoms with Crippen LogP contribution >= 0.6 is 0 Å². The third-order valence-corrected chi connectivity index (χ3v) is 3.15. The summed E-state index contributed by atoms with van der Waals surface area (Å²) >= 11 is 0. The Morgan fingerprint density at radius 2 is 2.00 bits per heavy atom. The zero-order chi connectivity index (χ0) is 14.4. The standard InChI is InChI=1S/C17H22FN/c1-6-8-15(7-2)13(4)19-14(5)16-10-9-12(3)17(18)11-16/h6-11,13H,1-5H3/b8-6-,15-7+,19-14?/t13-/m0/s1. The zero-order valence-corrected chi connectivity index (χ0v) is 12.4. The molecule has 1 aromatic rings. The Hall–Kier alpha value is -1.70. The van der Waals surface area contributed by atoms with Crippen LogP contribution in [0.3, 0.4) is 0 Å². The normalized spacial score (nSPS) is 15.1. The number of aryl methyl sites for hydroxylation is 1. The molecule has 1 rings (SSSR count). The van der Waals surface area contributed by atoms with Crippen molar-refractivity contribution in [2.45, 2.75) is 40.7 Å². The fraction of sp³-hybridized carbons (Fsp3) is 0.353. The molecule has 0 unspecified atom stereocenters. The number of benzene rings is 1. The van der Waals surface area contributed by atoms with Crippen molar-refractivity contribution in [3.8, 4) is 0 Å². The van der Waals surface area contributed by atoms with Gasteiger partial charge in [0.1, 0.15) is 5.82 Å². The molecule has 0 spiro atoms. The van der Waals surface area contributed by atoms with E-state index in [9.17, 15) is 4.39 Å². The second-order valence-corrected chi connectivity index (χ2v) is 4.64. The summed E-state index contributed by atoms with van der Waals surface area (Å²) in [4.78, 5) is 4.64. The maximum Gasteiger partial charge on any atom is 0.126 e. The summed E-state index contributed by atoms with van der Waals surface area (Å²) in [5.41, 5.74) is 3.52. The molecule has 1 atom stereocenters. The summed E-state index contributed by atoms with van der Waals surface area (Å²) < 4.78 is 13.5. The topological polar surface area (TPSA) is 12.4 Å². The smallest absolute Gasteiger partial charge is 0.126 e. The van der Waals surface area contributed by atoms with Gasteiger partial charge in [-0.2, -0.15) is 0 Å². The highest BCUT2D eigenvalue weighted by atomic mass is 19.1. The molecule has 0 aliphatic heterocycles. The van der Waals surface area contributed by atoms with Crippen molar-refractivity contribution in [3.63, 3.8) is 0 Å². The van der Waals surface area contributed by atoms with E-state index >= 15 is 0 Å². The SMILES string of the molecule is C/C=C\C(=C/C)[C@H](C)N=C(C)c1ccc(C)c(F)c1. The quantitative estimate of drug-likeness (QED) is 0.541. The molecule has 1 aromatic carbocycles. The summed E-state index contributed by atoms with van der Waals surface area (Å²) in [6, 6.07) is 5.32. The lowest BCUT2D eigenvalue weighted by molar-refractivity contribution is 0.618. The lowest BCUT2D eigenvalue weighted by Crippen LogP contribution is -2.06. The molecule has 0 heterocycles. The maximum absolute atomic E-state index is 13.5. The van der Waals surface area contributed by atoms with Crippen LogP contribution < -0.4 is 0 Å². The number of aliphatic imine (C=N–C) groups is 1. The largest absolute Gasteiger partial charge is 0.282 e. The van der Waals surface area contributed by atoms with Crippen molar-refractivity contribution < 1.29 is 4.39 Å². The first-order chi connectivity index (χ1) is 8.99. The van der Waals surface area contributed by atoms with Gasteiger partial charge in [-0.15, -0.1) is 0 Å². The van der Waals surface area contributed by atoms with E-state index in [0.29, 0.717) is 5.56 Å². The summed E-state index contributed by atoms with van der Waals surface area (Å²) in [6.07, 6.45) is 6.11. The van der Waals surface area contributed by atoms with Crippen LogP contribution in [0.5, 0.6) is 0 Å². The van der Waals surface area contributed by atoms with Crippen LogP contribution in [-0.4, -0.2) is 11.8 Å². The molecule has 1 nitrogen and oxygen atoms in total. The Bertz CT molecular complexity index is 524. The molecule has 0 bridgehead atoms. The summed E-state index contributed by atoms with van der Waals surface area (Å²) in [6.45, 7) is 9.72. The van der Waals surface area contributed by atoms with Gasteiger partial charge >= 0.3 is 0 Å². The monoisotopic (exact) mass is 259 g/mol.